The Hall–Kier alpha value is -0.650. The molecule has 1 aromatic rings. The van der Waals surface area contributed by atoms with Crippen molar-refractivity contribution in [3.05, 3.63) is 11.1 Å². The quantitative estimate of drug-likeness (QED) is 0.805. The number of methoxy groups -OCH3 is 1. The van der Waals surface area contributed by atoms with Crippen LogP contribution in [0.25, 0.3) is 0 Å². The van der Waals surface area contributed by atoms with Crippen LogP contribution >= 0.6 is 11.3 Å². The fraction of sp³-hybridized carbons (Fsp3) is 0.700. The second-order valence-corrected chi connectivity index (χ2v) is 5.02. The van der Waals surface area contributed by atoms with Crippen LogP contribution in [0.1, 0.15) is 30.6 Å². The maximum absolute atomic E-state index is 10.6. The lowest BCUT2D eigenvalue weighted by Gasteiger charge is -2.37. The van der Waals surface area contributed by atoms with E-state index in [1.165, 1.54) is 11.3 Å². The average molecular weight is 228 g/mol. The summed E-state index contributed by atoms with van der Waals surface area (Å²) in [4.78, 5) is 4.81. The number of nitrogen functional groups attached to an aromatic ring is 1. The van der Waals surface area contributed by atoms with E-state index in [1.54, 1.807) is 13.3 Å². The highest BCUT2D eigenvalue weighted by molar-refractivity contribution is 7.15. The molecule has 1 aliphatic rings. The molecule has 15 heavy (non-hydrogen) atoms. The first kappa shape index (κ1) is 10.9. The Morgan fingerprint density at radius 2 is 2.47 bits per heavy atom. The van der Waals surface area contributed by atoms with Gasteiger partial charge >= 0.3 is 0 Å². The lowest BCUT2D eigenvalue weighted by Crippen LogP contribution is -2.42. The lowest BCUT2D eigenvalue weighted by molar-refractivity contribution is -0.120. The Bertz CT molecular complexity index is 342. The summed E-state index contributed by atoms with van der Waals surface area (Å²) < 4.78 is 5.36. The molecule has 0 aliphatic heterocycles. The van der Waals surface area contributed by atoms with Crippen LogP contribution in [-0.2, 0) is 10.3 Å². The number of thiazole rings is 1. The van der Waals surface area contributed by atoms with Gasteiger partial charge in [-0.2, -0.15) is 0 Å². The van der Waals surface area contributed by atoms with Crippen LogP contribution in [-0.4, -0.2) is 23.3 Å². The molecule has 3 N–H and O–H groups in total. The van der Waals surface area contributed by atoms with E-state index in [4.69, 9.17) is 10.5 Å². The van der Waals surface area contributed by atoms with Crippen molar-refractivity contribution in [1.82, 2.24) is 4.98 Å². The topological polar surface area (TPSA) is 68.4 Å². The first-order valence-electron chi connectivity index (χ1n) is 5.14. The van der Waals surface area contributed by atoms with E-state index in [0.717, 1.165) is 30.6 Å². The summed E-state index contributed by atoms with van der Waals surface area (Å²) in [5.74, 6) is 0. The van der Waals surface area contributed by atoms with Gasteiger partial charge in [0.25, 0.3) is 0 Å². The number of hydrogen-bond acceptors (Lipinski definition) is 5. The zero-order valence-corrected chi connectivity index (χ0v) is 9.59. The van der Waals surface area contributed by atoms with Gasteiger partial charge < -0.3 is 15.6 Å². The summed E-state index contributed by atoms with van der Waals surface area (Å²) in [6, 6.07) is 0. The highest BCUT2D eigenvalue weighted by Crippen LogP contribution is 2.41. The monoisotopic (exact) mass is 228 g/mol. The van der Waals surface area contributed by atoms with Gasteiger partial charge in [0.1, 0.15) is 5.60 Å². The molecule has 2 unspecified atom stereocenters. The molecule has 0 saturated heterocycles. The number of aromatic nitrogens is 1. The second-order valence-electron chi connectivity index (χ2n) is 3.96. The van der Waals surface area contributed by atoms with Gasteiger partial charge in [-0.3, -0.25) is 0 Å². The van der Waals surface area contributed by atoms with Crippen molar-refractivity contribution >= 4 is 16.5 Å². The minimum atomic E-state index is -0.887. The summed E-state index contributed by atoms with van der Waals surface area (Å²) in [5, 5.41) is 11.1. The van der Waals surface area contributed by atoms with Gasteiger partial charge in [0.05, 0.1) is 11.0 Å². The molecular weight excluding hydrogens is 212 g/mol. The third-order valence-corrected chi connectivity index (χ3v) is 4.03. The van der Waals surface area contributed by atoms with E-state index < -0.39 is 5.60 Å². The molecule has 0 bridgehead atoms. The van der Waals surface area contributed by atoms with Gasteiger partial charge in [0.2, 0.25) is 0 Å². The van der Waals surface area contributed by atoms with Crippen molar-refractivity contribution in [3.8, 4) is 0 Å². The van der Waals surface area contributed by atoms with Gasteiger partial charge in [-0.25, -0.2) is 4.98 Å². The van der Waals surface area contributed by atoms with Crippen LogP contribution in [0.2, 0.25) is 0 Å². The number of nitrogens with two attached hydrogens (primary N) is 1. The third-order valence-electron chi connectivity index (χ3n) is 3.04. The minimum Gasteiger partial charge on any atom is -0.382 e. The number of ether oxygens (including phenoxy) is 1. The SMILES string of the molecule is COC1CCCCC1(O)c1cnc(N)s1. The Morgan fingerprint density at radius 3 is 3.07 bits per heavy atom. The molecule has 0 aromatic carbocycles. The molecule has 2 atom stereocenters. The molecule has 0 radical (unpaired) electrons. The second kappa shape index (κ2) is 4.08. The van der Waals surface area contributed by atoms with E-state index in [2.05, 4.69) is 4.98 Å². The fourth-order valence-electron chi connectivity index (χ4n) is 2.21. The summed E-state index contributed by atoms with van der Waals surface area (Å²) in [5.41, 5.74) is 4.70. The van der Waals surface area contributed by atoms with Crippen molar-refractivity contribution in [2.75, 3.05) is 12.8 Å². The van der Waals surface area contributed by atoms with Gasteiger partial charge in [-0.1, -0.05) is 17.8 Å². The Balaban J connectivity index is 2.29. The molecule has 1 saturated carbocycles. The average Bonchev–Trinajstić information content (AvgIpc) is 2.66. The van der Waals surface area contributed by atoms with E-state index in [-0.39, 0.29) is 6.10 Å². The van der Waals surface area contributed by atoms with Crippen LogP contribution in [0.4, 0.5) is 5.13 Å². The van der Waals surface area contributed by atoms with E-state index >= 15 is 0 Å². The van der Waals surface area contributed by atoms with Crippen LogP contribution in [0.5, 0.6) is 0 Å². The Labute approximate surface area is 93.1 Å². The fourth-order valence-corrected chi connectivity index (χ4v) is 3.05. The Morgan fingerprint density at radius 1 is 1.67 bits per heavy atom. The van der Waals surface area contributed by atoms with Crippen molar-refractivity contribution in [2.24, 2.45) is 0 Å². The van der Waals surface area contributed by atoms with Gasteiger partial charge in [-0.05, 0) is 19.3 Å². The smallest absolute Gasteiger partial charge is 0.180 e. The predicted octanol–water partition coefficient (Wildman–Crippen LogP) is 1.50. The first-order valence-corrected chi connectivity index (χ1v) is 5.95. The number of rotatable bonds is 2. The summed E-state index contributed by atoms with van der Waals surface area (Å²) >= 11 is 1.35. The van der Waals surface area contributed by atoms with Crippen LogP contribution in [0.3, 0.4) is 0 Å². The molecule has 4 nitrogen and oxygen atoms in total. The number of hydrogen-bond donors (Lipinski definition) is 2. The highest BCUT2D eigenvalue weighted by Gasteiger charge is 2.42. The molecule has 1 fully saturated rings. The maximum atomic E-state index is 10.6. The van der Waals surface area contributed by atoms with Crippen molar-refractivity contribution in [3.63, 3.8) is 0 Å². The molecule has 0 amide bonds. The van der Waals surface area contributed by atoms with Crippen molar-refractivity contribution < 1.29 is 9.84 Å². The normalized spacial score (nSPS) is 31.7. The molecule has 1 aromatic heterocycles. The predicted molar refractivity (Wildman–Crippen MR) is 59.7 cm³/mol. The third kappa shape index (κ3) is 1.87. The van der Waals surface area contributed by atoms with Crippen LogP contribution < -0.4 is 5.73 Å². The molecule has 5 heteroatoms. The largest absolute Gasteiger partial charge is 0.382 e. The van der Waals surface area contributed by atoms with Crippen molar-refractivity contribution in [2.45, 2.75) is 37.4 Å². The first-order chi connectivity index (χ1) is 7.16. The maximum Gasteiger partial charge on any atom is 0.180 e. The number of anilines is 1. The van der Waals surface area contributed by atoms with Crippen LogP contribution in [0, 0.1) is 0 Å². The lowest BCUT2D eigenvalue weighted by atomic mass is 9.81. The van der Waals surface area contributed by atoms with E-state index in [9.17, 15) is 5.11 Å². The molecule has 1 heterocycles. The Kier molecular flexibility index (Phi) is 2.95. The minimum absolute atomic E-state index is 0.133. The summed E-state index contributed by atoms with van der Waals surface area (Å²) in [7, 11) is 1.64. The molecule has 0 spiro atoms. The summed E-state index contributed by atoms with van der Waals surface area (Å²) in [6.07, 6.45) is 5.28. The van der Waals surface area contributed by atoms with Crippen LogP contribution in [0.15, 0.2) is 6.20 Å². The molecule has 2 rings (SSSR count). The van der Waals surface area contributed by atoms with Crippen molar-refractivity contribution in [1.29, 1.82) is 0 Å². The van der Waals surface area contributed by atoms with E-state index in [0.29, 0.717) is 5.13 Å². The highest BCUT2D eigenvalue weighted by atomic mass is 32.1. The summed E-state index contributed by atoms with van der Waals surface area (Å²) in [6.45, 7) is 0. The zero-order valence-electron chi connectivity index (χ0n) is 8.77. The number of nitrogens with zero attached hydrogens (tertiary/aromatic N) is 1. The van der Waals surface area contributed by atoms with Gasteiger partial charge in [0.15, 0.2) is 5.13 Å². The molecule has 84 valence electrons. The van der Waals surface area contributed by atoms with Gasteiger partial charge in [0, 0.05) is 13.3 Å². The standard InChI is InChI=1S/C10H16N2O2S/c1-14-7-4-2-3-5-10(7,13)8-6-12-9(11)15-8/h6-7,13H,2-5H2,1H3,(H2,11,12). The molecule has 1 aliphatic carbocycles. The molecular formula is C10H16N2O2S. The zero-order chi connectivity index (χ0) is 10.9. The number of aliphatic hydroxyl groups is 1. The van der Waals surface area contributed by atoms with E-state index in [1.807, 2.05) is 0 Å². The van der Waals surface area contributed by atoms with Gasteiger partial charge in [-0.15, -0.1) is 0 Å².